The highest BCUT2D eigenvalue weighted by molar-refractivity contribution is 6.02. The molecular formula is C15H16N2O5. The Morgan fingerprint density at radius 2 is 2.14 bits per heavy atom. The fourth-order valence-corrected chi connectivity index (χ4v) is 1.67. The van der Waals surface area contributed by atoms with Gasteiger partial charge < -0.3 is 19.7 Å². The second kappa shape index (κ2) is 6.75. The standard InChI is InChI=1S/C15H16N2O5/c1-9(2)13-7-12(17-22-13)15(20)16-10-4-3-5-11(6-10)21-8-14(18)19/h3-7,9H,8H2,1-2H3,(H,16,20)(H,18,19). The Morgan fingerprint density at radius 1 is 1.36 bits per heavy atom. The molecular weight excluding hydrogens is 288 g/mol. The Labute approximate surface area is 126 Å². The number of anilines is 1. The highest BCUT2D eigenvalue weighted by Gasteiger charge is 2.14. The molecule has 0 atom stereocenters. The van der Waals surface area contributed by atoms with Gasteiger partial charge in [-0.1, -0.05) is 25.1 Å². The minimum Gasteiger partial charge on any atom is -0.482 e. The first kappa shape index (κ1) is 15.6. The monoisotopic (exact) mass is 304 g/mol. The molecule has 0 aliphatic heterocycles. The number of aromatic nitrogens is 1. The number of hydrogen-bond acceptors (Lipinski definition) is 5. The van der Waals surface area contributed by atoms with Crippen molar-refractivity contribution in [3.05, 3.63) is 41.8 Å². The second-order valence-corrected chi connectivity index (χ2v) is 4.93. The molecule has 1 amide bonds. The number of carbonyl (C=O) groups excluding carboxylic acids is 1. The van der Waals surface area contributed by atoms with Gasteiger partial charge in [0.25, 0.3) is 5.91 Å². The fraction of sp³-hybridized carbons (Fsp3) is 0.267. The summed E-state index contributed by atoms with van der Waals surface area (Å²) in [6.45, 7) is 3.43. The zero-order valence-electron chi connectivity index (χ0n) is 12.2. The van der Waals surface area contributed by atoms with E-state index in [4.69, 9.17) is 14.4 Å². The van der Waals surface area contributed by atoms with Crippen molar-refractivity contribution in [2.45, 2.75) is 19.8 Å². The lowest BCUT2D eigenvalue weighted by atomic mass is 10.1. The van der Waals surface area contributed by atoms with Crippen molar-refractivity contribution in [3.63, 3.8) is 0 Å². The zero-order chi connectivity index (χ0) is 16.1. The summed E-state index contributed by atoms with van der Waals surface area (Å²) in [7, 11) is 0. The van der Waals surface area contributed by atoms with E-state index in [0.29, 0.717) is 17.2 Å². The average molecular weight is 304 g/mol. The molecule has 1 aromatic carbocycles. The largest absolute Gasteiger partial charge is 0.482 e. The quantitative estimate of drug-likeness (QED) is 0.850. The minimum absolute atomic E-state index is 0.141. The maximum Gasteiger partial charge on any atom is 0.341 e. The molecule has 0 saturated heterocycles. The SMILES string of the molecule is CC(C)c1cc(C(=O)Nc2cccc(OCC(=O)O)c2)no1. The van der Waals surface area contributed by atoms with Gasteiger partial charge in [-0.15, -0.1) is 0 Å². The van der Waals surface area contributed by atoms with Crippen molar-refractivity contribution in [1.29, 1.82) is 0 Å². The number of nitrogens with zero attached hydrogens (tertiary/aromatic N) is 1. The lowest BCUT2D eigenvalue weighted by Gasteiger charge is -2.06. The van der Waals surface area contributed by atoms with E-state index in [-0.39, 0.29) is 11.6 Å². The molecule has 22 heavy (non-hydrogen) atoms. The van der Waals surface area contributed by atoms with Crippen LogP contribution in [-0.4, -0.2) is 28.7 Å². The predicted octanol–water partition coefficient (Wildman–Crippen LogP) is 2.51. The zero-order valence-corrected chi connectivity index (χ0v) is 12.2. The van der Waals surface area contributed by atoms with Crippen molar-refractivity contribution in [2.75, 3.05) is 11.9 Å². The lowest BCUT2D eigenvalue weighted by Crippen LogP contribution is -2.13. The number of rotatable bonds is 6. The van der Waals surface area contributed by atoms with E-state index in [9.17, 15) is 9.59 Å². The average Bonchev–Trinajstić information content (AvgIpc) is 2.95. The van der Waals surface area contributed by atoms with E-state index in [1.165, 1.54) is 6.07 Å². The Morgan fingerprint density at radius 3 is 2.77 bits per heavy atom. The molecule has 116 valence electrons. The van der Waals surface area contributed by atoms with Gasteiger partial charge >= 0.3 is 5.97 Å². The number of aliphatic carboxylic acids is 1. The smallest absolute Gasteiger partial charge is 0.341 e. The van der Waals surface area contributed by atoms with E-state index < -0.39 is 18.5 Å². The van der Waals surface area contributed by atoms with Gasteiger partial charge in [-0.25, -0.2) is 4.79 Å². The highest BCUT2D eigenvalue weighted by atomic mass is 16.5. The number of amides is 1. The number of benzene rings is 1. The summed E-state index contributed by atoms with van der Waals surface area (Å²) in [4.78, 5) is 22.5. The van der Waals surface area contributed by atoms with E-state index in [1.54, 1.807) is 24.3 Å². The second-order valence-electron chi connectivity index (χ2n) is 4.93. The summed E-state index contributed by atoms with van der Waals surface area (Å²) in [5.74, 6) is -0.363. The molecule has 0 saturated carbocycles. The van der Waals surface area contributed by atoms with E-state index >= 15 is 0 Å². The summed E-state index contributed by atoms with van der Waals surface area (Å²) in [5, 5.41) is 14.9. The topological polar surface area (TPSA) is 102 Å². The summed E-state index contributed by atoms with van der Waals surface area (Å²) >= 11 is 0. The van der Waals surface area contributed by atoms with Crippen LogP contribution in [-0.2, 0) is 4.79 Å². The fourth-order valence-electron chi connectivity index (χ4n) is 1.67. The van der Waals surface area contributed by atoms with Crippen LogP contribution in [0.4, 0.5) is 5.69 Å². The van der Waals surface area contributed by atoms with Crippen molar-refractivity contribution >= 4 is 17.6 Å². The Kier molecular flexibility index (Phi) is 4.77. The van der Waals surface area contributed by atoms with Crippen LogP contribution in [0.25, 0.3) is 0 Å². The number of ether oxygens (including phenoxy) is 1. The van der Waals surface area contributed by atoms with Gasteiger partial charge in [0.15, 0.2) is 12.3 Å². The predicted molar refractivity (Wildman–Crippen MR) is 78.1 cm³/mol. The first-order valence-corrected chi connectivity index (χ1v) is 6.68. The van der Waals surface area contributed by atoms with Gasteiger partial charge in [0, 0.05) is 23.7 Å². The third-order valence-electron chi connectivity index (χ3n) is 2.78. The van der Waals surface area contributed by atoms with Crippen molar-refractivity contribution in [1.82, 2.24) is 5.16 Å². The Balaban J connectivity index is 2.04. The summed E-state index contributed by atoms with van der Waals surface area (Å²) in [6.07, 6.45) is 0. The molecule has 0 aliphatic carbocycles. The van der Waals surface area contributed by atoms with Crippen molar-refractivity contribution in [2.24, 2.45) is 0 Å². The van der Waals surface area contributed by atoms with Crippen LogP contribution in [0.2, 0.25) is 0 Å². The Bertz CT molecular complexity index is 678. The molecule has 0 aliphatic rings. The number of nitrogens with one attached hydrogen (secondary N) is 1. The molecule has 0 fully saturated rings. The first-order chi connectivity index (χ1) is 10.5. The van der Waals surface area contributed by atoms with Crippen LogP contribution >= 0.6 is 0 Å². The van der Waals surface area contributed by atoms with Gasteiger partial charge in [0.05, 0.1) is 0 Å². The number of carboxylic acid groups (broad SMARTS) is 1. The van der Waals surface area contributed by atoms with Gasteiger partial charge in [-0.05, 0) is 12.1 Å². The summed E-state index contributed by atoms with van der Waals surface area (Å²) < 4.78 is 10.1. The molecule has 0 radical (unpaired) electrons. The van der Waals surface area contributed by atoms with Crippen LogP contribution in [0.15, 0.2) is 34.9 Å². The van der Waals surface area contributed by atoms with Gasteiger partial charge in [-0.2, -0.15) is 0 Å². The third-order valence-corrected chi connectivity index (χ3v) is 2.78. The minimum atomic E-state index is -1.07. The van der Waals surface area contributed by atoms with Gasteiger partial charge in [0.1, 0.15) is 11.5 Å². The molecule has 2 N–H and O–H groups in total. The number of hydrogen-bond donors (Lipinski definition) is 2. The van der Waals surface area contributed by atoms with Crippen LogP contribution in [0.3, 0.4) is 0 Å². The maximum atomic E-state index is 12.1. The summed E-state index contributed by atoms with van der Waals surface area (Å²) in [6, 6.07) is 8.03. The van der Waals surface area contributed by atoms with Crippen LogP contribution in [0.5, 0.6) is 5.75 Å². The molecule has 0 bridgehead atoms. The van der Waals surface area contributed by atoms with E-state index in [0.717, 1.165) is 0 Å². The van der Waals surface area contributed by atoms with Gasteiger partial charge in [-0.3, -0.25) is 4.79 Å². The molecule has 0 unspecified atom stereocenters. The van der Waals surface area contributed by atoms with E-state index in [2.05, 4.69) is 10.5 Å². The maximum absolute atomic E-state index is 12.1. The molecule has 2 aromatic rings. The molecule has 7 nitrogen and oxygen atoms in total. The highest BCUT2D eigenvalue weighted by Crippen LogP contribution is 2.19. The lowest BCUT2D eigenvalue weighted by molar-refractivity contribution is -0.139. The van der Waals surface area contributed by atoms with Gasteiger partial charge in [0.2, 0.25) is 0 Å². The van der Waals surface area contributed by atoms with Crippen LogP contribution in [0, 0.1) is 0 Å². The first-order valence-electron chi connectivity index (χ1n) is 6.68. The van der Waals surface area contributed by atoms with Crippen LogP contribution in [0.1, 0.15) is 36.0 Å². The molecule has 1 heterocycles. The number of carboxylic acids is 1. The third kappa shape index (κ3) is 4.08. The molecule has 7 heteroatoms. The van der Waals surface area contributed by atoms with E-state index in [1.807, 2.05) is 13.8 Å². The molecule has 2 rings (SSSR count). The summed E-state index contributed by atoms with van der Waals surface area (Å²) in [5.41, 5.74) is 0.655. The van der Waals surface area contributed by atoms with Crippen molar-refractivity contribution < 1.29 is 24.0 Å². The molecule has 1 aromatic heterocycles. The van der Waals surface area contributed by atoms with Crippen LogP contribution < -0.4 is 10.1 Å². The number of carbonyl (C=O) groups is 2. The Hall–Kier alpha value is -2.83. The normalized spacial score (nSPS) is 10.5. The molecule has 0 spiro atoms. The van der Waals surface area contributed by atoms with Crippen molar-refractivity contribution in [3.8, 4) is 5.75 Å².